The van der Waals surface area contributed by atoms with Crippen LogP contribution >= 0.6 is 0 Å². The second-order valence-corrected chi connectivity index (χ2v) is 6.26. The van der Waals surface area contributed by atoms with Crippen molar-refractivity contribution in [2.45, 2.75) is 78.0 Å². The summed E-state index contributed by atoms with van der Waals surface area (Å²) in [7, 11) is 0. The highest BCUT2D eigenvalue weighted by Gasteiger charge is 2.43. The fourth-order valence-corrected chi connectivity index (χ4v) is 3.78. The zero-order chi connectivity index (χ0) is 13.3. The molecule has 0 radical (unpaired) electrons. The quantitative estimate of drug-likeness (QED) is 0.837. The van der Waals surface area contributed by atoms with Crippen LogP contribution in [0.4, 0.5) is 0 Å². The lowest BCUT2D eigenvalue weighted by Crippen LogP contribution is -2.49. The van der Waals surface area contributed by atoms with Gasteiger partial charge in [0.25, 0.3) is 0 Å². The minimum Gasteiger partial charge on any atom is -0.323 e. The van der Waals surface area contributed by atoms with Gasteiger partial charge >= 0.3 is 0 Å². The highest BCUT2D eigenvalue weighted by Crippen LogP contribution is 2.35. The lowest BCUT2D eigenvalue weighted by atomic mass is 9.79. The molecule has 1 saturated heterocycles. The molecule has 5 unspecified atom stereocenters. The fraction of sp³-hybridized carbons (Fsp3) is 0.933. The predicted molar refractivity (Wildman–Crippen MR) is 74.1 cm³/mol. The van der Waals surface area contributed by atoms with Crippen molar-refractivity contribution in [3.63, 3.8) is 0 Å². The van der Waals surface area contributed by atoms with Crippen LogP contribution in [0.1, 0.15) is 59.8 Å². The summed E-state index contributed by atoms with van der Waals surface area (Å²) >= 11 is 0. The molecular weight excluding hydrogens is 224 g/mol. The van der Waals surface area contributed by atoms with Crippen LogP contribution in [-0.2, 0) is 4.79 Å². The van der Waals surface area contributed by atoms with Crippen molar-refractivity contribution in [3.8, 4) is 0 Å². The first kappa shape index (κ1) is 13.9. The Labute approximate surface area is 111 Å². The van der Waals surface area contributed by atoms with Crippen LogP contribution in [0.5, 0.6) is 0 Å². The molecule has 1 aliphatic heterocycles. The van der Waals surface area contributed by atoms with Gasteiger partial charge < -0.3 is 4.90 Å². The zero-order valence-corrected chi connectivity index (χ0v) is 12.3. The van der Waals surface area contributed by atoms with Crippen molar-refractivity contribution in [2.75, 3.05) is 0 Å². The van der Waals surface area contributed by atoms with Crippen LogP contribution in [-0.4, -0.2) is 29.1 Å². The third kappa shape index (κ3) is 2.42. The van der Waals surface area contributed by atoms with Crippen LogP contribution in [0, 0.1) is 11.8 Å². The molecule has 1 aliphatic carbocycles. The van der Waals surface area contributed by atoms with Gasteiger partial charge in [0.15, 0.2) is 0 Å². The molecule has 1 N–H and O–H groups in total. The normalized spacial score (nSPS) is 41.4. The van der Waals surface area contributed by atoms with Gasteiger partial charge in [-0.3, -0.25) is 10.1 Å². The average Bonchev–Trinajstić information content (AvgIpc) is 2.66. The summed E-state index contributed by atoms with van der Waals surface area (Å²) in [4.78, 5) is 14.7. The third-order valence-corrected chi connectivity index (χ3v) is 4.82. The summed E-state index contributed by atoms with van der Waals surface area (Å²) in [5.74, 6) is 1.81. The van der Waals surface area contributed by atoms with Crippen LogP contribution in [0.2, 0.25) is 0 Å². The van der Waals surface area contributed by atoms with Crippen molar-refractivity contribution in [1.29, 1.82) is 0 Å². The molecule has 2 aliphatic rings. The summed E-state index contributed by atoms with van der Waals surface area (Å²) in [6.45, 7) is 8.92. The Morgan fingerprint density at radius 2 is 1.94 bits per heavy atom. The van der Waals surface area contributed by atoms with E-state index >= 15 is 0 Å². The van der Waals surface area contributed by atoms with E-state index in [0.717, 1.165) is 18.8 Å². The predicted octanol–water partition coefficient (Wildman–Crippen LogP) is 2.76. The highest BCUT2D eigenvalue weighted by molar-refractivity contribution is 5.84. The molecule has 18 heavy (non-hydrogen) atoms. The van der Waals surface area contributed by atoms with Crippen molar-refractivity contribution in [1.82, 2.24) is 10.2 Å². The molecule has 0 spiro atoms. The van der Waals surface area contributed by atoms with E-state index in [0.29, 0.717) is 17.9 Å². The molecule has 3 nitrogen and oxygen atoms in total. The first-order valence-electron chi connectivity index (χ1n) is 7.66. The average molecular weight is 252 g/mol. The maximum absolute atomic E-state index is 12.5. The molecule has 104 valence electrons. The molecule has 0 aromatic carbocycles. The van der Waals surface area contributed by atoms with Crippen molar-refractivity contribution < 1.29 is 4.79 Å². The van der Waals surface area contributed by atoms with Crippen LogP contribution in [0.25, 0.3) is 0 Å². The minimum absolute atomic E-state index is 0.0569. The topological polar surface area (TPSA) is 32.3 Å². The van der Waals surface area contributed by atoms with Gasteiger partial charge in [-0.1, -0.05) is 27.7 Å². The fourth-order valence-electron chi connectivity index (χ4n) is 3.78. The van der Waals surface area contributed by atoms with Crippen molar-refractivity contribution in [3.05, 3.63) is 0 Å². The van der Waals surface area contributed by atoms with Crippen molar-refractivity contribution >= 4 is 5.91 Å². The smallest absolute Gasteiger partial charge is 0.241 e. The number of hydrogen-bond acceptors (Lipinski definition) is 2. The molecule has 2 rings (SSSR count). The third-order valence-electron chi connectivity index (χ3n) is 4.82. The van der Waals surface area contributed by atoms with Crippen LogP contribution < -0.4 is 5.32 Å². The summed E-state index contributed by atoms with van der Waals surface area (Å²) in [5, 5.41) is 3.50. The first-order valence-corrected chi connectivity index (χ1v) is 7.66. The maximum Gasteiger partial charge on any atom is 0.241 e. The van der Waals surface area contributed by atoms with Gasteiger partial charge in [0.1, 0.15) is 0 Å². The molecule has 5 atom stereocenters. The number of amides is 1. The number of carbonyl (C=O) groups excluding carboxylic acids is 1. The van der Waals surface area contributed by atoms with Gasteiger partial charge in [-0.15, -0.1) is 0 Å². The first-order chi connectivity index (χ1) is 8.58. The number of nitrogens with zero attached hydrogens (tertiary/aromatic N) is 1. The zero-order valence-electron chi connectivity index (χ0n) is 12.3. The Bertz CT molecular complexity index is 305. The Kier molecular flexibility index (Phi) is 4.31. The van der Waals surface area contributed by atoms with E-state index in [2.05, 4.69) is 37.9 Å². The summed E-state index contributed by atoms with van der Waals surface area (Å²) in [6.07, 6.45) is 5.91. The molecule has 0 aromatic rings. The number of rotatable bonds is 3. The Morgan fingerprint density at radius 3 is 2.50 bits per heavy atom. The van der Waals surface area contributed by atoms with E-state index in [1.807, 2.05) is 0 Å². The van der Waals surface area contributed by atoms with Gasteiger partial charge in [-0.25, -0.2) is 0 Å². The van der Waals surface area contributed by atoms with E-state index in [9.17, 15) is 4.79 Å². The van der Waals surface area contributed by atoms with Gasteiger partial charge in [0, 0.05) is 6.04 Å². The molecule has 0 bridgehead atoms. The monoisotopic (exact) mass is 252 g/mol. The van der Waals surface area contributed by atoms with Gasteiger partial charge in [0.05, 0.1) is 12.2 Å². The second-order valence-electron chi connectivity index (χ2n) is 6.26. The van der Waals surface area contributed by atoms with Gasteiger partial charge in [-0.05, 0) is 43.9 Å². The van der Waals surface area contributed by atoms with Gasteiger partial charge in [0.2, 0.25) is 5.91 Å². The Morgan fingerprint density at radius 1 is 1.22 bits per heavy atom. The van der Waals surface area contributed by atoms with E-state index in [4.69, 9.17) is 0 Å². The van der Waals surface area contributed by atoms with E-state index in [1.165, 1.54) is 19.3 Å². The molecule has 2 fully saturated rings. The van der Waals surface area contributed by atoms with Crippen LogP contribution in [0.15, 0.2) is 0 Å². The van der Waals surface area contributed by atoms with Crippen molar-refractivity contribution in [2.24, 2.45) is 11.8 Å². The standard InChI is InChI=1S/C15H28N2O/c1-5-12-15(18)17(14(6-2)16-12)13-8-7-10(3)9-11(13)4/h10-14,16H,5-9H2,1-4H3. The van der Waals surface area contributed by atoms with E-state index < -0.39 is 0 Å². The molecule has 1 saturated carbocycles. The Balaban J connectivity index is 2.12. The highest BCUT2D eigenvalue weighted by atomic mass is 16.2. The number of nitrogens with one attached hydrogen (secondary N) is 1. The largest absolute Gasteiger partial charge is 0.323 e. The lowest BCUT2D eigenvalue weighted by molar-refractivity contribution is -0.134. The molecule has 1 amide bonds. The molecule has 3 heteroatoms. The maximum atomic E-state index is 12.5. The minimum atomic E-state index is 0.0569. The Hall–Kier alpha value is -0.570. The van der Waals surface area contributed by atoms with E-state index in [-0.39, 0.29) is 12.2 Å². The van der Waals surface area contributed by atoms with Gasteiger partial charge in [-0.2, -0.15) is 0 Å². The molecule has 1 heterocycles. The molecular formula is C15H28N2O. The second kappa shape index (κ2) is 5.60. The lowest BCUT2D eigenvalue weighted by Gasteiger charge is -2.41. The SMILES string of the molecule is CCC1NC(CC)N(C2CCC(C)CC2C)C1=O. The summed E-state index contributed by atoms with van der Waals surface area (Å²) in [5.41, 5.74) is 0. The number of hydrogen-bond donors (Lipinski definition) is 1. The summed E-state index contributed by atoms with van der Waals surface area (Å²) < 4.78 is 0. The summed E-state index contributed by atoms with van der Waals surface area (Å²) in [6, 6.07) is 0.518. The molecule has 0 aromatic heterocycles. The van der Waals surface area contributed by atoms with E-state index in [1.54, 1.807) is 0 Å². The number of carbonyl (C=O) groups is 1. The van der Waals surface area contributed by atoms with Crippen LogP contribution in [0.3, 0.4) is 0 Å².